The number of carboxylic acid groups (broad SMARTS) is 1. The van der Waals surface area contributed by atoms with Crippen molar-refractivity contribution in [3.63, 3.8) is 0 Å². The summed E-state index contributed by atoms with van der Waals surface area (Å²) >= 11 is 0. The van der Waals surface area contributed by atoms with Crippen molar-refractivity contribution in [2.24, 2.45) is 0 Å². The van der Waals surface area contributed by atoms with Gasteiger partial charge in [-0.1, -0.05) is 30.3 Å². The predicted octanol–water partition coefficient (Wildman–Crippen LogP) is 0.684. The largest absolute Gasteiger partial charge is 0.480 e. The van der Waals surface area contributed by atoms with Crippen LogP contribution >= 0.6 is 0 Å². The molecule has 0 saturated carbocycles. The molecule has 3 N–H and O–H groups in total. The zero-order valence-corrected chi connectivity index (χ0v) is 10.5. The Morgan fingerprint density at radius 3 is 2.70 bits per heavy atom. The standard InChI is InChI=1S/C12H13N5O3/c18-11(19)8-17-14-7-10(16-17)15-12(20)13-6-9-4-2-1-3-5-9/h1-5,7H,6,8H2,(H,18,19)(H2,13,15,16,20). The van der Waals surface area contributed by atoms with Crippen LogP contribution in [-0.2, 0) is 17.9 Å². The second-order valence-corrected chi connectivity index (χ2v) is 3.95. The average molecular weight is 275 g/mol. The zero-order chi connectivity index (χ0) is 14.4. The number of nitrogens with one attached hydrogen (secondary N) is 2. The van der Waals surface area contributed by atoms with Gasteiger partial charge in [0.15, 0.2) is 12.4 Å². The first-order valence-corrected chi connectivity index (χ1v) is 5.84. The Morgan fingerprint density at radius 1 is 1.25 bits per heavy atom. The second-order valence-electron chi connectivity index (χ2n) is 3.95. The third kappa shape index (κ3) is 4.09. The van der Waals surface area contributed by atoms with Gasteiger partial charge in [0.2, 0.25) is 0 Å². The highest BCUT2D eigenvalue weighted by Crippen LogP contribution is 2.00. The molecule has 0 spiro atoms. The van der Waals surface area contributed by atoms with Gasteiger partial charge >= 0.3 is 12.0 Å². The Balaban J connectivity index is 1.82. The molecule has 0 atom stereocenters. The van der Waals surface area contributed by atoms with Crippen LogP contribution in [0.1, 0.15) is 5.56 Å². The number of nitrogens with zero attached hydrogens (tertiary/aromatic N) is 3. The van der Waals surface area contributed by atoms with Gasteiger partial charge in [-0.15, -0.1) is 5.10 Å². The first-order valence-electron chi connectivity index (χ1n) is 5.84. The van der Waals surface area contributed by atoms with Gasteiger partial charge in [-0.3, -0.25) is 10.1 Å². The SMILES string of the molecule is O=C(O)Cn1ncc(NC(=O)NCc2ccccc2)n1. The number of carboxylic acids is 1. The topological polar surface area (TPSA) is 109 Å². The summed E-state index contributed by atoms with van der Waals surface area (Å²) in [6.07, 6.45) is 1.28. The summed E-state index contributed by atoms with van der Waals surface area (Å²) in [6.45, 7) is 0.0310. The molecule has 20 heavy (non-hydrogen) atoms. The first kappa shape index (κ1) is 13.5. The van der Waals surface area contributed by atoms with Gasteiger partial charge in [-0.2, -0.15) is 9.90 Å². The van der Waals surface area contributed by atoms with E-state index in [0.717, 1.165) is 10.4 Å². The molecule has 1 aromatic carbocycles. The average Bonchev–Trinajstić information content (AvgIpc) is 2.84. The third-order valence-corrected chi connectivity index (χ3v) is 2.35. The van der Waals surface area contributed by atoms with Gasteiger partial charge in [-0.05, 0) is 5.56 Å². The Labute approximate surface area is 114 Å². The van der Waals surface area contributed by atoms with E-state index in [-0.39, 0.29) is 12.4 Å². The number of hydrogen-bond acceptors (Lipinski definition) is 4. The second kappa shape index (κ2) is 6.32. The lowest BCUT2D eigenvalue weighted by atomic mass is 10.2. The van der Waals surface area contributed by atoms with Crippen molar-refractivity contribution < 1.29 is 14.7 Å². The quantitative estimate of drug-likeness (QED) is 0.743. The number of aromatic nitrogens is 3. The van der Waals surface area contributed by atoms with Crippen molar-refractivity contribution in [3.8, 4) is 0 Å². The van der Waals surface area contributed by atoms with E-state index >= 15 is 0 Å². The molecule has 0 bridgehead atoms. The molecule has 2 aromatic rings. The lowest BCUT2D eigenvalue weighted by Gasteiger charge is -2.05. The van der Waals surface area contributed by atoms with E-state index < -0.39 is 12.0 Å². The van der Waals surface area contributed by atoms with E-state index in [1.54, 1.807) is 0 Å². The molecule has 104 valence electrons. The summed E-state index contributed by atoms with van der Waals surface area (Å²) in [5, 5.41) is 21.2. The van der Waals surface area contributed by atoms with E-state index in [2.05, 4.69) is 20.8 Å². The predicted molar refractivity (Wildman–Crippen MR) is 70.0 cm³/mol. The highest BCUT2D eigenvalue weighted by molar-refractivity contribution is 5.87. The fraction of sp³-hybridized carbons (Fsp3) is 0.167. The van der Waals surface area contributed by atoms with Gasteiger partial charge in [0, 0.05) is 6.54 Å². The van der Waals surface area contributed by atoms with Gasteiger partial charge in [0.25, 0.3) is 0 Å². The number of urea groups is 1. The molecular formula is C12H13N5O3. The van der Waals surface area contributed by atoms with Crippen molar-refractivity contribution in [2.45, 2.75) is 13.1 Å². The summed E-state index contributed by atoms with van der Waals surface area (Å²) in [5.74, 6) is -0.863. The number of carbonyl (C=O) groups excluding carboxylic acids is 1. The highest BCUT2D eigenvalue weighted by Gasteiger charge is 2.07. The summed E-state index contributed by atoms with van der Waals surface area (Å²) in [5.41, 5.74) is 0.970. The summed E-state index contributed by atoms with van der Waals surface area (Å²) in [4.78, 5) is 23.0. The summed E-state index contributed by atoms with van der Waals surface area (Å²) in [7, 11) is 0. The van der Waals surface area contributed by atoms with Crippen LogP contribution in [0, 0.1) is 0 Å². The van der Waals surface area contributed by atoms with E-state index in [1.807, 2.05) is 30.3 Å². The first-order chi connectivity index (χ1) is 9.63. The minimum absolute atomic E-state index is 0.191. The Bertz CT molecular complexity index is 596. The number of rotatable bonds is 5. The van der Waals surface area contributed by atoms with Crippen LogP contribution in [0.5, 0.6) is 0 Å². The molecule has 0 aliphatic rings. The molecular weight excluding hydrogens is 262 g/mol. The minimum Gasteiger partial charge on any atom is -0.480 e. The van der Waals surface area contributed by atoms with Gasteiger partial charge < -0.3 is 10.4 Å². The summed E-state index contributed by atoms with van der Waals surface area (Å²) in [6, 6.07) is 9.01. The maximum Gasteiger partial charge on any atom is 0.327 e. The lowest BCUT2D eigenvalue weighted by Crippen LogP contribution is -2.28. The van der Waals surface area contributed by atoms with Crippen LogP contribution in [0.4, 0.5) is 10.6 Å². The van der Waals surface area contributed by atoms with E-state index in [0.29, 0.717) is 6.54 Å². The van der Waals surface area contributed by atoms with Crippen molar-refractivity contribution in [3.05, 3.63) is 42.1 Å². The molecule has 0 unspecified atom stereocenters. The molecule has 2 amide bonds. The maximum atomic E-state index is 11.6. The minimum atomic E-state index is -1.05. The van der Waals surface area contributed by atoms with E-state index in [9.17, 15) is 9.59 Å². The Kier molecular flexibility index (Phi) is 4.28. The maximum absolute atomic E-state index is 11.6. The number of amides is 2. The third-order valence-electron chi connectivity index (χ3n) is 2.35. The van der Waals surface area contributed by atoms with Crippen LogP contribution in [0.25, 0.3) is 0 Å². The van der Waals surface area contributed by atoms with Crippen molar-refractivity contribution >= 4 is 17.8 Å². The number of anilines is 1. The van der Waals surface area contributed by atoms with Crippen LogP contribution in [0.15, 0.2) is 36.5 Å². The molecule has 1 aromatic heterocycles. The normalized spacial score (nSPS) is 10.0. The van der Waals surface area contributed by atoms with Crippen molar-refractivity contribution in [1.29, 1.82) is 0 Å². The summed E-state index contributed by atoms with van der Waals surface area (Å²) < 4.78 is 0. The van der Waals surface area contributed by atoms with Crippen LogP contribution in [0.3, 0.4) is 0 Å². The van der Waals surface area contributed by atoms with Crippen LogP contribution in [0.2, 0.25) is 0 Å². The van der Waals surface area contributed by atoms with Crippen molar-refractivity contribution in [1.82, 2.24) is 20.3 Å². The molecule has 0 radical (unpaired) electrons. The smallest absolute Gasteiger partial charge is 0.327 e. The van der Waals surface area contributed by atoms with E-state index in [1.165, 1.54) is 6.20 Å². The number of benzene rings is 1. The molecule has 0 aliphatic heterocycles. The molecule has 0 saturated heterocycles. The van der Waals surface area contributed by atoms with Crippen LogP contribution in [-0.4, -0.2) is 32.1 Å². The number of carbonyl (C=O) groups is 2. The van der Waals surface area contributed by atoms with Gasteiger partial charge in [0.05, 0.1) is 6.20 Å². The molecule has 0 aliphatic carbocycles. The Morgan fingerprint density at radius 2 is 2.00 bits per heavy atom. The zero-order valence-electron chi connectivity index (χ0n) is 10.5. The lowest BCUT2D eigenvalue weighted by molar-refractivity contribution is -0.138. The fourth-order valence-electron chi connectivity index (χ4n) is 1.49. The van der Waals surface area contributed by atoms with Gasteiger partial charge in [0.1, 0.15) is 0 Å². The highest BCUT2D eigenvalue weighted by atomic mass is 16.4. The Hall–Kier alpha value is -2.90. The van der Waals surface area contributed by atoms with Crippen LogP contribution < -0.4 is 10.6 Å². The van der Waals surface area contributed by atoms with E-state index in [4.69, 9.17) is 5.11 Å². The van der Waals surface area contributed by atoms with Crippen molar-refractivity contribution in [2.75, 3.05) is 5.32 Å². The molecule has 8 nitrogen and oxygen atoms in total. The molecule has 1 heterocycles. The molecule has 8 heteroatoms. The fourth-order valence-corrected chi connectivity index (χ4v) is 1.49. The molecule has 0 fully saturated rings. The van der Waals surface area contributed by atoms with Gasteiger partial charge in [-0.25, -0.2) is 4.79 Å². The monoisotopic (exact) mass is 275 g/mol. The molecule has 2 rings (SSSR count). The number of aliphatic carboxylic acids is 1. The number of hydrogen-bond donors (Lipinski definition) is 3.